The molecule has 0 unspecified atom stereocenters. The maximum Gasteiger partial charge on any atom is 0.245 e. The van der Waals surface area contributed by atoms with Gasteiger partial charge in [-0.05, 0) is 31.0 Å². The highest BCUT2D eigenvalue weighted by atomic mass is 32.2. The fourth-order valence-corrected chi connectivity index (χ4v) is 4.59. The van der Waals surface area contributed by atoms with Crippen molar-refractivity contribution in [3.8, 4) is 0 Å². The number of hydrogen-bond donors (Lipinski definition) is 1. The molecule has 0 radical (unpaired) electrons. The summed E-state index contributed by atoms with van der Waals surface area (Å²) in [5.74, 6) is -0.350. The zero-order valence-electron chi connectivity index (χ0n) is 15.0. The minimum Gasteiger partial charge on any atom is -0.355 e. The van der Waals surface area contributed by atoms with E-state index >= 15 is 0 Å². The van der Waals surface area contributed by atoms with Gasteiger partial charge in [0, 0.05) is 13.6 Å². The number of nitrogens with zero attached hydrogens (tertiary/aromatic N) is 3. The number of fused-ring (bicyclic) bond motifs is 1. The number of aromatic nitrogens is 2. The van der Waals surface area contributed by atoms with Crippen molar-refractivity contribution in [2.45, 2.75) is 18.2 Å². The van der Waals surface area contributed by atoms with Crippen LogP contribution in [0.1, 0.15) is 11.1 Å². The third kappa shape index (κ3) is 4.49. The van der Waals surface area contributed by atoms with Crippen molar-refractivity contribution >= 4 is 38.7 Å². The van der Waals surface area contributed by atoms with Crippen LogP contribution in [0.3, 0.4) is 0 Å². The third-order valence-corrected chi connectivity index (χ3v) is 6.50. The number of likely N-dealkylation sites (N-methyl/N-ethyl adjacent to an activating group) is 1. The van der Waals surface area contributed by atoms with Crippen LogP contribution in [-0.4, -0.2) is 47.5 Å². The lowest BCUT2D eigenvalue weighted by Gasteiger charge is -2.17. The van der Waals surface area contributed by atoms with E-state index in [1.165, 1.54) is 13.1 Å². The molecule has 3 aromatic rings. The molecule has 9 heteroatoms. The molecule has 142 valence electrons. The molecule has 0 spiro atoms. The summed E-state index contributed by atoms with van der Waals surface area (Å²) in [6.07, 6.45) is 0.688. The summed E-state index contributed by atoms with van der Waals surface area (Å²) in [5, 5.41) is 2.77. The molecule has 27 heavy (non-hydrogen) atoms. The second-order valence-corrected chi connectivity index (χ2v) is 8.78. The molecule has 0 bridgehead atoms. The largest absolute Gasteiger partial charge is 0.355 e. The monoisotopic (exact) mass is 404 g/mol. The Bertz CT molecular complexity index is 1060. The fraction of sp³-hybridized carbons (Fsp3) is 0.278. The molecule has 0 aliphatic heterocycles. The van der Waals surface area contributed by atoms with Crippen LogP contribution >= 0.6 is 11.7 Å². The first kappa shape index (κ1) is 19.4. The summed E-state index contributed by atoms with van der Waals surface area (Å²) in [6, 6.07) is 12.8. The molecule has 2 aromatic carbocycles. The van der Waals surface area contributed by atoms with Crippen LogP contribution in [0.5, 0.6) is 0 Å². The standard InChI is InChI=1S/C18H20N4O3S2/c1-13-5-3-6-14(11-13)9-10-19-17(23)12-22(2)27(24,25)16-8-4-7-15-18(16)21-26-20-15/h3-8,11H,9-10,12H2,1-2H3,(H,19,23). The molecular weight excluding hydrogens is 384 g/mol. The summed E-state index contributed by atoms with van der Waals surface area (Å²) in [5.41, 5.74) is 3.14. The second kappa shape index (κ2) is 8.12. The van der Waals surface area contributed by atoms with Gasteiger partial charge in [-0.25, -0.2) is 8.42 Å². The Morgan fingerprint density at radius 2 is 1.96 bits per heavy atom. The van der Waals surface area contributed by atoms with Gasteiger partial charge in [-0.3, -0.25) is 4.79 Å². The molecule has 0 saturated carbocycles. The lowest BCUT2D eigenvalue weighted by Crippen LogP contribution is -2.39. The van der Waals surface area contributed by atoms with Gasteiger partial charge in [0.25, 0.3) is 0 Å². The van der Waals surface area contributed by atoms with Gasteiger partial charge in [0.1, 0.15) is 15.9 Å². The van der Waals surface area contributed by atoms with E-state index in [-0.39, 0.29) is 17.3 Å². The first-order valence-corrected chi connectivity index (χ1v) is 10.5. The van der Waals surface area contributed by atoms with Crippen molar-refractivity contribution in [3.05, 3.63) is 53.6 Å². The van der Waals surface area contributed by atoms with Crippen molar-refractivity contribution in [1.29, 1.82) is 0 Å². The highest BCUT2D eigenvalue weighted by Gasteiger charge is 2.26. The Kier molecular flexibility index (Phi) is 5.83. The average Bonchev–Trinajstić information content (AvgIpc) is 3.10. The molecule has 0 saturated heterocycles. The van der Waals surface area contributed by atoms with Gasteiger partial charge in [0.15, 0.2) is 0 Å². The van der Waals surface area contributed by atoms with E-state index in [0.717, 1.165) is 27.2 Å². The number of sulfonamides is 1. The van der Waals surface area contributed by atoms with Gasteiger partial charge >= 0.3 is 0 Å². The van der Waals surface area contributed by atoms with E-state index in [2.05, 4.69) is 20.1 Å². The molecular formula is C18H20N4O3S2. The second-order valence-electron chi connectivity index (χ2n) is 6.24. The van der Waals surface area contributed by atoms with Crippen LogP contribution in [-0.2, 0) is 21.2 Å². The van der Waals surface area contributed by atoms with E-state index in [0.29, 0.717) is 24.0 Å². The van der Waals surface area contributed by atoms with Gasteiger partial charge in [0.2, 0.25) is 15.9 Å². The lowest BCUT2D eigenvalue weighted by molar-refractivity contribution is -0.121. The lowest BCUT2D eigenvalue weighted by atomic mass is 10.1. The van der Waals surface area contributed by atoms with E-state index < -0.39 is 10.0 Å². The highest BCUT2D eigenvalue weighted by molar-refractivity contribution is 7.89. The van der Waals surface area contributed by atoms with Crippen molar-refractivity contribution in [1.82, 2.24) is 18.4 Å². The summed E-state index contributed by atoms with van der Waals surface area (Å²) in [6.45, 7) is 2.20. The normalized spacial score (nSPS) is 11.8. The molecule has 0 aliphatic carbocycles. The Balaban J connectivity index is 1.61. The summed E-state index contributed by atoms with van der Waals surface area (Å²) in [7, 11) is -2.45. The third-order valence-electron chi connectivity index (χ3n) is 4.12. The first-order chi connectivity index (χ1) is 12.9. The maximum atomic E-state index is 12.8. The Hall–Kier alpha value is -2.36. The fourth-order valence-electron chi connectivity index (χ4n) is 2.71. The highest BCUT2D eigenvalue weighted by Crippen LogP contribution is 2.23. The van der Waals surface area contributed by atoms with Gasteiger partial charge < -0.3 is 5.32 Å². The van der Waals surface area contributed by atoms with Gasteiger partial charge in [-0.2, -0.15) is 13.1 Å². The molecule has 7 nitrogen and oxygen atoms in total. The van der Waals surface area contributed by atoms with E-state index in [1.807, 2.05) is 25.1 Å². The van der Waals surface area contributed by atoms with Crippen LogP contribution in [0.25, 0.3) is 11.0 Å². The van der Waals surface area contributed by atoms with Crippen LogP contribution in [0.4, 0.5) is 0 Å². The van der Waals surface area contributed by atoms with Crippen molar-refractivity contribution in [2.24, 2.45) is 0 Å². The van der Waals surface area contributed by atoms with Gasteiger partial charge in [-0.15, -0.1) is 0 Å². The Morgan fingerprint density at radius 3 is 2.74 bits per heavy atom. The first-order valence-electron chi connectivity index (χ1n) is 8.38. The van der Waals surface area contributed by atoms with Crippen molar-refractivity contribution in [3.63, 3.8) is 0 Å². The number of amides is 1. The molecule has 1 aromatic heterocycles. The number of carbonyl (C=O) groups excluding carboxylic acids is 1. The Morgan fingerprint density at radius 1 is 1.19 bits per heavy atom. The zero-order chi connectivity index (χ0) is 19.4. The van der Waals surface area contributed by atoms with E-state index in [4.69, 9.17) is 0 Å². The minimum atomic E-state index is -3.84. The SMILES string of the molecule is Cc1cccc(CCNC(=O)CN(C)S(=O)(=O)c2cccc3nsnc23)c1. The predicted octanol–water partition coefficient (Wildman–Crippen LogP) is 1.98. The van der Waals surface area contributed by atoms with E-state index in [9.17, 15) is 13.2 Å². The number of rotatable bonds is 7. The summed E-state index contributed by atoms with van der Waals surface area (Å²) in [4.78, 5) is 12.2. The smallest absolute Gasteiger partial charge is 0.245 e. The van der Waals surface area contributed by atoms with Crippen LogP contribution in [0.2, 0.25) is 0 Å². The number of carbonyl (C=O) groups is 1. The zero-order valence-corrected chi connectivity index (χ0v) is 16.7. The topological polar surface area (TPSA) is 92.3 Å². The molecule has 1 heterocycles. The summed E-state index contributed by atoms with van der Waals surface area (Å²) < 4.78 is 34.7. The van der Waals surface area contributed by atoms with Crippen molar-refractivity contribution in [2.75, 3.05) is 20.1 Å². The minimum absolute atomic E-state index is 0.0591. The number of benzene rings is 2. The maximum absolute atomic E-state index is 12.8. The predicted molar refractivity (Wildman–Crippen MR) is 105 cm³/mol. The van der Waals surface area contributed by atoms with Gasteiger partial charge in [0.05, 0.1) is 18.3 Å². The van der Waals surface area contributed by atoms with Crippen LogP contribution in [0.15, 0.2) is 47.4 Å². The molecule has 3 rings (SSSR count). The van der Waals surface area contributed by atoms with E-state index in [1.54, 1.807) is 12.1 Å². The molecule has 0 atom stereocenters. The molecule has 1 amide bonds. The Labute approximate surface area is 162 Å². The average molecular weight is 405 g/mol. The van der Waals surface area contributed by atoms with Gasteiger partial charge in [-0.1, -0.05) is 35.9 Å². The summed E-state index contributed by atoms with van der Waals surface area (Å²) >= 11 is 0.956. The molecule has 0 fully saturated rings. The number of nitrogens with one attached hydrogen (secondary N) is 1. The number of hydrogen-bond acceptors (Lipinski definition) is 6. The van der Waals surface area contributed by atoms with Crippen molar-refractivity contribution < 1.29 is 13.2 Å². The molecule has 0 aliphatic rings. The molecule has 1 N–H and O–H groups in total. The van der Waals surface area contributed by atoms with Crippen LogP contribution in [0, 0.1) is 6.92 Å². The number of aryl methyl sites for hydroxylation is 1. The van der Waals surface area contributed by atoms with Crippen LogP contribution < -0.4 is 5.32 Å². The quantitative estimate of drug-likeness (QED) is 0.650.